The number of hydrogen-bond acceptors (Lipinski definition) is 6. The number of thiazole rings is 2. The van der Waals surface area contributed by atoms with Crippen molar-refractivity contribution in [1.29, 1.82) is 0 Å². The third-order valence-electron chi connectivity index (χ3n) is 6.53. The van der Waals surface area contributed by atoms with Crippen molar-refractivity contribution in [2.45, 2.75) is 83.1 Å². The molecule has 2 heterocycles. The third kappa shape index (κ3) is 4.91. The van der Waals surface area contributed by atoms with Gasteiger partial charge in [-0.3, -0.25) is 9.59 Å². The van der Waals surface area contributed by atoms with Crippen molar-refractivity contribution in [3.63, 3.8) is 0 Å². The minimum absolute atomic E-state index is 0.0363. The number of aryl methyl sites for hydroxylation is 1. The zero-order chi connectivity index (χ0) is 21.0. The molecule has 2 aliphatic rings. The van der Waals surface area contributed by atoms with Crippen molar-refractivity contribution >= 4 is 39.6 Å². The molecule has 2 amide bonds. The van der Waals surface area contributed by atoms with Gasteiger partial charge < -0.3 is 10.6 Å². The second-order valence-corrected chi connectivity index (χ2v) is 10.7. The van der Waals surface area contributed by atoms with E-state index in [1.165, 1.54) is 17.8 Å². The summed E-state index contributed by atoms with van der Waals surface area (Å²) in [5.74, 6) is 0.0273. The van der Waals surface area contributed by atoms with Crippen molar-refractivity contribution in [2.75, 3.05) is 5.32 Å². The van der Waals surface area contributed by atoms with Crippen LogP contribution in [0.3, 0.4) is 0 Å². The molecule has 2 fully saturated rings. The van der Waals surface area contributed by atoms with Crippen LogP contribution in [0.15, 0.2) is 17.0 Å². The molecule has 2 saturated carbocycles. The molecular weight excluding hydrogens is 416 g/mol. The van der Waals surface area contributed by atoms with E-state index < -0.39 is 0 Å². The number of nitrogens with zero attached hydrogens (tertiary/aromatic N) is 2. The normalized spacial score (nSPS) is 20.0. The Balaban J connectivity index is 1.45. The number of anilines is 1. The lowest BCUT2D eigenvalue weighted by Gasteiger charge is -2.38. The van der Waals surface area contributed by atoms with Gasteiger partial charge in [-0.2, -0.15) is 0 Å². The lowest BCUT2D eigenvalue weighted by molar-refractivity contribution is -0.127. The summed E-state index contributed by atoms with van der Waals surface area (Å²) in [4.78, 5) is 34.8. The van der Waals surface area contributed by atoms with Gasteiger partial charge in [0.15, 0.2) is 5.13 Å². The predicted molar refractivity (Wildman–Crippen MR) is 121 cm³/mol. The molecule has 6 nitrogen and oxygen atoms in total. The van der Waals surface area contributed by atoms with E-state index in [-0.39, 0.29) is 22.8 Å². The van der Waals surface area contributed by atoms with Gasteiger partial charge in [0, 0.05) is 35.5 Å². The largest absolute Gasteiger partial charge is 0.344 e. The number of carbonyl (C=O) groups excluding carboxylic acids is 2. The summed E-state index contributed by atoms with van der Waals surface area (Å²) >= 11 is 3.07. The topological polar surface area (TPSA) is 84.0 Å². The first-order valence-electron chi connectivity index (χ1n) is 10.9. The minimum atomic E-state index is -0.324. The number of nitrogens with one attached hydrogen (secondary N) is 2. The Hall–Kier alpha value is -1.80. The average molecular weight is 447 g/mol. The Morgan fingerprint density at radius 3 is 2.33 bits per heavy atom. The highest BCUT2D eigenvalue weighted by atomic mass is 32.1. The van der Waals surface area contributed by atoms with Crippen molar-refractivity contribution < 1.29 is 9.59 Å². The second kappa shape index (κ2) is 9.14. The first kappa shape index (κ1) is 21.4. The standard InChI is InChI=1S/C22H30N4O2S2/c1-16-15-30-19(24-16)22(9-5-6-10-22)26-18(28)14-21(7-3-2-4-8-21)13-17(27)25-20-23-11-12-29-20/h11-12,15H,2-10,13-14H2,1H3,(H,26,28)(H,23,25,27). The smallest absolute Gasteiger partial charge is 0.226 e. The maximum absolute atomic E-state index is 13.3. The van der Waals surface area contributed by atoms with Gasteiger partial charge in [-0.1, -0.05) is 32.1 Å². The molecule has 0 aliphatic heterocycles. The highest BCUT2D eigenvalue weighted by molar-refractivity contribution is 7.13. The molecule has 162 valence electrons. The molecule has 0 saturated heterocycles. The van der Waals surface area contributed by atoms with E-state index in [1.54, 1.807) is 17.5 Å². The van der Waals surface area contributed by atoms with Crippen LogP contribution >= 0.6 is 22.7 Å². The molecule has 0 radical (unpaired) electrons. The third-order valence-corrected chi connectivity index (χ3v) is 8.38. The Morgan fingerprint density at radius 1 is 1.00 bits per heavy atom. The van der Waals surface area contributed by atoms with Gasteiger partial charge in [-0.25, -0.2) is 9.97 Å². The monoisotopic (exact) mass is 446 g/mol. The van der Waals surface area contributed by atoms with Crippen LogP contribution in [0, 0.1) is 12.3 Å². The molecule has 8 heteroatoms. The summed E-state index contributed by atoms with van der Waals surface area (Å²) in [6, 6.07) is 0. The molecule has 2 N–H and O–H groups in total. The van der Waals surface area contributed by atoms with E-state index in [2.05, 4.69) is 21.0 Å². The van der Waals surface area contributed by atoms with E-state index in [0.29, 0.717) is 18.0 Å². The van der Waals surface area contributed by atoms with Crippen LogP contribution < -0.4 is 10.6 Å². The van der Waals surface area contributed by atoms with Crippen LogP contribution in [0.1, 0.15) is 81.3 Å². The van der Waals surface area contributed by atoms with Crippen molar-refractivity contribution in [2.24, 2.45) is 5.41 Å². The van der Waals surface area contributed by atoms with Gasteiger partial charge in [0.05, 0.1) is 5.54 Å². The molecule has 0 bridgehead atoms. The number of hydrogen-bond donors (Lipinski definition) is 2. The van der Waals surface area contributed by atoms with Crippen LogP contribution in [0.2, 0.25) is 0 Å². The second-order valence-electron chi connectivity index (χ2n) is 8.93. The van der Waals surface area contributed by atoms with Crippen LogP contribution in [0.25, 0.3) is 0 Å². The van der Waals surface area contributed by atoms with Crippen molar-refractivity contribution in [3.05, 3.63) is 27.7 Å². The van der Waals surface area contributed by atoms with Crippen LogP contribution in [-0.2, 0) is 15.1 Å². The molecule has 2 aromatic heterocycles. The molecule has 0 spiro atoms. The number of aromatic nitrogens is 2. The molecule has 2 aromatic rings. The zero-order valence-electron chi connectivity index (χ0n) is 17.5. The fourth-order valence-corrected chi connectivity index (χ4v) is 6.66. The number of rotatable bonds is 7. The summed E-state index contributed by atoms with van der Waals surface area (Å²) < 4.78 is 0. The molecule has 4 rings (SSSR count). The average Bonchev–Trinajstić information content (AvgIpc) is 3.45. The van der Waals surface area contributed by atoms with E-state index >= 15 is 0 Å². The maximum Gasteiger partial charge on any atom is 0.226 e. The van der Waals surface area contributed by atoms with E-state index in [4.69, 9.17) is 4.98 Å². The zero-order valence-corrected chi connectivity index (χ0v) is 19.2. The molecule has 2 aliphatic carbocycles. The summed E-state index contributed by atoms with van der Waals surface area (Å²) in [6.07, 6.45) is 11.8. The van der Waals surface area contributed by atoms with E-state index in [0.717, 1.165) is 62.1 Å². The van der Waals surface area contributed by atoms with Gasteiger partial charge in [0.1, 0.15) is 5.01 Å². The van der Waals surface area contributed by atoms with Crippen LogP contribution in [0.5, 0.6) is 0 Å². The van der Waals surface area contributed by atoms with Gasteiger partial charge in [0.25, 0.3) is 0 Å². The Labute approximate surface area is 185 Å². The van der Waals surface area contributed by atoms with E-state index in [1.807, 2.05) is 12.3 Å². The first-order valence-corrected chi connectivity index (χ1v) is 12.7. The predicted octanol–water partition coefficient (Wildman–Crippen LogP) is 5.16. The van der Waals surface area contributed by atoms with Crippen molar-refractivity contribution in [1.82, 2.24) is 15.3 Å². The molecular formula is C22H30N4O2S2. The molecule has 0 aromatic carbocycles. The summed E-state index contributed by atoms with van der Waals surface area (Å²) in [6.45, 7) is 2.00. The fourth-order valence-electron chi connectivity index (χ4n) is 5.10. The number of carbonyl (C=O) groups is 2. The van der Waals surface area contributed by atoms with E-state index in [9.17, 15) is 9.59 Å². The summed E-state index contributed by atoms with van der Waals surface area (Å²) in [5, 5.41) is 11.9. The SMILES string of the molecule is Cc1csc(C2(NC(=O)CC3(CC(=O)Nc4nccs4)CCCCC3)CCCC2)n1. The van der Waals surface area contributed by atoms with Gasteiger partial charge in [-0.15, -0.1) is 22.7 Å². The summed E-state index contributed by atoms with van der Waals surface area (Å²) in [5.41, 5.74) is 0.426. The lowest BCUT2D eigenvalue weighted by atomic mass is 9.69. The Morgan fingerprint density at radius 2 is 1.70 bits per heavy atom. The Kier molecular flexibility index (Phi) is 6.53. The highest BCUT2D eigenvalue weighted by Gasteiger charge is 2.42. The quantitative estimate of drug-likeness (QED) is 0.615. The fraction of sp³-hybridized carbons (Fsp3) is 0.636. The van der Waals surface area contributed by atoms with Crippen LogP contribution in [-0.4, -0.2) is 21.8 Å². The molecule has 0 unspecified atom stereocenters. The first-order chi connectivity index (χ1) is 14.5. The Bertz CT molecular complexity index is 866. The molecule has 0 atom stereocenters. The highest BCUT2D eigenvalue weighted by Crippen LogP contribution is 2.44. The van der Waals surface area contributed by atoms with Gasteiger partial charge in [-0.05, 0) is 38.0 Å². The van der Waals surface area contributed by atoms with Gasteiger partial charge in [0.2, 0.25) is 11.8 Å². The minimum Gasteiger partial charge on any atom is -0.344 e. The van der Waals surface area contributed by atoms with Gasteiger partial charge >= 0.3 is 0 Å². The maximum atomic E-state index is 13.3. The summed E-state index contributed by atoms with van der Waals surface area (Å²) in [7, 11) is 0. The van der Waals surface area contributed by atoms with Crippen molar-refractivity contribution in [3.8, 4) is 0 Å². The lowest BCUT2D eigenvalue weighted by Crippen LogP contribution is -2.46. The number of amides is 2. The van der Waals surface area contributed by atoms with Crippen LogP contribution in [0.4, 0.5) is 5.13 Å². The molecule has 30 heavy (non-hydrogen) atoms.